The highest BCUT2D eigenvalue weighted by Gasteiger charge is 2.27. The minimum Gasteiger partial charge on any atom is -0.295 e. The van der Waals surface area contributed by atoms with Gasteiger partial charge in [0.1, 0.15) is 5.84 Å². The Morgan fingerprint density at radius 3 is 2.86 bits per heavy atom. The highest BCUT2D eigenvalue weighted by atomic mass is 35.5. The number of para-hydroxylation sites is 1. The molecule has 0 unspecified atom stereocenters. The molecule has 0 amide bonds. The van der Waals surface area contributed by atoms with Gasteiger partial charge in [0, 0.05) is 18.2 Å². The summed E-state index contributed by atoms with van der Waals surface area (Å²) in [5.74, 6) is 1.00. The number of H-pyrrole nitrogens is 1. The fraction of sp³-hybridized carbons (Fsp3) is 0.294. The summed E-state index contributed by atoms with van der Waals surface area (Å²) < 4.78 is 0. The maximum absolute atomic E-state index is 6.37. The number of rotatable bonds is 4. The predicted octanol–water partition coefficient (Wildman–Crippen LogP) is 5.16. The van der Waals surface area contributed by atoms with E-state index in [2.05, 4.69) is 41.1 Å². The van der Waals surface area contributed by atoms with Gasteiger partial charge in [0.2, 0.25) is 0 Å². The Morgan fingerprint density at radius 1 is 1.32 bits per heavy atom. The third-order valence-corrected chi connectivity index (χ3v) is 3.92. The van der Waals surface area contributed by atoms with Gasteiger partial charge >= 0.3 is 0 Å². The van der Waals surface area contributed by atoms with Crippen molar-refractivity contribution in [1.82, 2.24) is 10.2 Å². The third kappa shape index (κ3) is 2.55. The second-order valence-electron chi connectivity index (χ2n) is 5.20. The summed E-state index contributed by atoms with van der Waals surface area (Å²) in [5.41, 5.74) is 4.06. The number of aromatic nitrogens is 2. The number of aliphatic imine (C=N–C) groups is 1. The number of aromatic amines is 1. The van der Waals surface area contributed by atoms with Gasteiger partial charge in [0.15, 0.2) is 0 Å². The number of fused-ring (bicyclic) bond motifs is 1. The van der Waals surface area contributed by atoms with Gasteiger partial charge in [0.05, 0.1) is 28.3 Å². The van der Waals surface area contributed by atoms with Crippen molar-refractivity contribution in [3.8, 4) is 0 Å². The molecule has 0 fully saturated rings. The highest BCUT2D eigenvalue weighted by molar-refractivity contribution is 6.34. The first-order valence-corrected chi connectivity index (χ1v) is 7.99. The van der Waals surface area contributed by atoms with E-state index < -0.39 is 0 Å². The lowest BCUT2D eigenvalue weighted by atomic mass is 10.0. The molecule has 0 saturated carbocycles. The van der Waals surface area contributed by atoms with Gasteiger partial charge in [-0.3, -0.25) is 10.00 Å². The smallest absolute Gasteiger partial charge is 0.114 e. The van der Waals surface area contributed by atoms with E-state index in [0.717, 1.165) is 47.7 Å². The molecule has 114 valence electrons. The molecule has 0 saturated heterocycles. The van der Waals surface area contributed by atoms with E-state index in [-0.39, 0.29) is 0 Å². The summed E-state index contributed by atoms with van der Waals surface area (Å²) in [4.78, 5) is 7.01. The van der Waals surface area contributed by atoms with Crippen LogP contribution in [0.15, 0.2) is 41.7 Å². The Hall–Kier alpha value is -2.07. The van der Waals surface area contributed by atoms with E-state index in [1.807, 2.05) is 24.5 Å². The molecule has 2 heterocycles. The van der Waals surface area contributed by atoms with Crippen molar-refractivity contribution >= 4 is 34.5 Å². The van der Waals surface area contributed by atoms with Crippen molar-refractivity contribution in [2.45, 2.75) is 33.1 Å². The molecule has 0 radical (unpaired) electrons. The first kappa shape index (κ1) is 14.9. The van der Waals surface area contributed by atoms with Gasteiger partial charge in [-0.25, -0.2) is 4.99 Å². The van der Waals surface area contributed by atoms with E-state index in [0.29, 0.717) is 5.02 Å². The monoisotopic (exact) mass is 314 g/mol. The van der Waals surface area contributed by atoms with Crippen LogP contribution in [0.1, 0.15) is 38.7 Å². The number of hydrogen-bond donors (Lipinski definition) is 1. The predicted molar refractivity (Wildman–Crippen MR) is 92.8 cm³/mol. The summed E-state index contributed by atoms with van der Waals surface area (Å²) in [5, 5.41) is 7.67. The van der Waals surface area contributed by atoms with Crippen LogP contribution >= 0.6 is 11.6 Å². The maximum Gasteiger partial charge on any atom is 0.114 e. The summed E-state index contributed by atoms with van der Waals surface area (Å²) in [6.45, 7) is 4.29. The molecule has 0 spiro atoms. The van der Waals surface area contributed by atoms with Crippen LogP contribution in [-0.4, -0.2) is 16.0 Å². The molecule has 1 aliphatic rings. The number of hydrogen-bond acceptors (Lipinski definition) is 3. The van der Waals surface area contributed by atoms with Crippen LogP contribution in [0.3, 0.4) is 0 Å². The number of anilines is 1. The molecule has 1 N–H and O–H groups in total. The maximum atomic E-state index is 6.37. The van der Waals surface area contributed by atoms with Gasteiger partial charge < -0.3 is 0 Å². The van der Waals surface area contributed by atoms with Crippen molar-refractivity contribution in [3.63, 3.8) is 0 Å². The number of nitrogens with zero attached hydrogens (tertiary/aromatic N) is 3. The Balaban J connectivity index is 2.22. The molecule has 0 atom stereocenters. The number of benzene rings is 1. The zero-order valence-corrected chi connectivity index (χ0v) is 13.6. The van der Waals surface area contributed by atoms with Gasteiger partial charge in [-0.15, -0.1) is 0 Å². The van der Waals surface area contributed by atoms with E-state index in [1.54, 1.807) is 0 Å². The number of nitrogens with one attached hydrogen (secondary N) is 1. The number of halogens is 1. The van der Waals surface area contributed by atoms with Gasteiger partial charge in [-0.05, 0) is 18.9 Å². The largest absolute Gasteiger partial charge is 0.295 e. The summed E-state index contributed by atoms with van der Waals surface area (Å²) in [6, 6.07) is 5.94. The lowest BCUT2D eigenvalue weighted by Crippen LogP contribution is -2.31. The average molecular weight is 315 g/mol. The quantitative estimate of drug-likeness (QED) is 0.846. The Bertz CT molecular complexity index is 716. The second-order valence-corrected chi connectivity index (χ2v) is 5.61. The molecule has 1 aromatic carbocycles. The number of allylic oxidation sites excluding steroid dienone is 1. The molecule has 1 aromatic heterocycles. The van der Waals surface area contributed by atoms with Crippen LogP contribution in [0.4, 0.5) is 11.4 Å². The molecule has 4 nitrogen and oxygen atoms in total. The van der Waals surface area contributed by atoms with Crippen LogP contribution in [0.25, 0.3) is 5.70 Å². The average Bonchev–Trinajstić information content (AvgIpc) is 3.03. The molecular weight excluding hydrogens is 296 g/mol. The van der Waals surface area contributed by atoms with E-state index in [9.17, 15) is 0 Å². The van der Waals surface area contributed by atoms with Crippen molar-refractivity contribution in [2.75, 3.05) is 4.90 Å². The Kier molecular flexibility index (Phi) is 4.29. The standard InChI is InChI=1S/C17H19ClN4/c1-3-6-15-13-8-5-9-14(18)17(13)21-16(7-4-2)22(15)12-10-19-20-11-12/h5-6,8-11H,3-4,7H2,1-2H3,(H,19,20)/b15-6+. The van der Waals surface area contributed by atoms with Crippen LogP contribution in [0.5, 0.6) is 0 Å². The second kappa shape index (κ2) is 6.36. The lowest BCUT2D eigenvalue weighted by Gasteiger charge is -2.32. The molecular formula is C17H19ClN4. The van der Waals surface area contributed by atoms with E-state index >= 15 is 0 Å². The van der Waals surface area contributed by atoms with Crippen LogP contribution in [0.2, 0.25) is 5.02 Å². The lowest BCUT2D eigenvalue weighted by molar-refractivity contribution is 0.970. The van der Waals surface area contributed by atoms with Crippen molar-refractivity contribution in [1.29, 1.82) is 0 Å². The molecule has 5 heteroatoms. The van der Waals surface area contributed by atoms with Crippen LogP contribution < -0.4 is 4.90 Å². The topological polar surface area (TPSA) is 44.3 Å². The first-order chi connectivity index (χ1) is 10.8. The van der Waals surface area contributed by atoms with Gasteiger partial charge in [-0.2, -0.15) is 5.10 Å². The zero-order valence-electron chi connectivity index (χ0n) is 12.8. The first-order valence-electron chi connectivity index (χ1n) is 7.61. The van der Waals surface area contributed by atoms with E-state index in [4.69, 9.17) is 16.6 Å². The van der Waals surface area contributed by atoms with Crippen LogP contribution in [-0.2, 0) is 0 Å². The third-order valence-electron chi connectivity index (χ3n) is 3.62. The molecule has 0 bridgehead atoms. The molecule has 0 aliphatic carbocycles. The minimum atomic E-state index is 0.694. The van der Waals surface area contributed by atoms with Crippen LogP contribution in [0, 0.1) is 0 Å². The van der Waals surface area contributed by atoms with Gasteiger partial charge in [-0.1, -0.05) is 43.7 Å². The summed E-state index contributed by atoms with van der Waals surface area (Å²) in [6.07, 6.45) is 8.78. The SMILES string of the molecule is CC/C=C1\c2cccc(Cl)c2N=C(CCC)N1c1cn[nH]c1. The minimum absolute atomic E-state index is 0.694. The molecule has 1 aliphatic heterocycles. The molecule has 3 rings (SSSR count). The van der Waals surface area contributed by atoms with Crippen molar-refractivity contribution < 1.29 is 0 Å². The summed E-state index contributed by atoms with van der Waals surface area (Å²) in [7, 11) is 0. The highest BCUT2D eigenvalue weighted by Crippen LogP contribution is 2.41. The zero-order chi connectivity index (χ0) is 15.5. The van der Waals surface area contributed by atoms with Gasteiger partial charge in [0.25, 0.3) is 0 Å². The molecule has 2 aromatic rings. The van der Waals surface area contributed by atoms with Crippen molar-refractivity contribution in [2.24, 2.45) is 4.99 Å². The molecule has 22 heavy (non-hydrogen) atoms. The normalized spacial score (nSPS) is 15.9. The van der Waals surface area contributed by atoms with E-state index in [1.165, 1.54) is 0 Å². The fourth-order valence-electron chi connectivity index (χ4n) is 2.71. The summed E-state index contributed by atoms with van der Waals surface area (Å²) >= 11 is 6.37. The number of amidine groups is 1. The Morgan fingerprint density at radius 2 is 2.18 bits per heavy atom. The Labute approximate surface area is 135 Å². The van der Waals surface area contributed by atoms with Crippen molar-refractivity contribution in [3.05, 3.63) is 47.3 Å². The fourth-order valence-corrected chi connectivity index (χ4v) is 2.93.